The Morgan fingerprint density at radius 3 is 2.67 bits per heavy atom. The standard InChI is InChI=1S/C13H19NO/c1-13(2)10-12(8-9-15-13)14-11-6-4-3-5-7-11/h3-7,12,14H,8-10H2,1-2H3. The van der Waals surface area contributed by atoms with Crippen molar-refractivity contribution in [3.05, 3.63) is 30.3 Å². The molecule has 1 aliphatic rings. The minimum absolute atomic E-state index is 0.0185. The second kappa shape index (κ2) is 4.23. The van der Waals surface area contributed by atoms with E-state index < -0.39 is 0 Å². The van der Waals surface area contributed by atoms with Gasteiger partial charge in [0.1, 0.15) is 0 Å². The Bertz CT molecular complexity index is 308. The fourth-order valence-corrected chi connectivity index (χ4v) is 2.13. The maximum atomic E-state index is 5.69. The van der Waals surface area contributed by atoms with Crippen molar-refractivity contribution in [3.8, 4) is 0 Å². The molecule has 0 radical (unpaired) electrons. The summed E-state index contributed by atoms with van der Waals surface area (Å²) < 4.78 is 5.69. The first-order chi connectivity index (χ1) is 7.16. The molecule has 1 aromatic carbocycles. The molecule has 1 unspecified atom stereocenters. The Morgan fingerprint density at radius 2 is 2.00 bits per heavy atom. The van der Waals surface area contributed by atoms with E-state index in [1.54, 1.807) is 0 Å². The molecule has 1 aliphatic heterocycles. The summed E-state index contributed by atoms with van der Waals surface area (Å²) in [6.45, 7) is 5.18. The first-order valence-corrected chi connectivity index (χ1v) is 5.61. The van der Waals surface area contributed by atoms with E-state index in [0.29, 0.717) is 6.04 Å². The van der Waals surface area contributed by atoms with Gasteiger partial charge < -0.3 is 10.1 Å². The highest BCUT2D eigenvalue weighted by atomic mass is 16.5. The molecule has 1 aromatic rings. The van der Waals surface area contributed by atoms with Crippen LogP contribution in [0, 0.1) is 0 Å². The van der Waals surface area contributed by atoms with E-state index in [2.05, 4.69) is 43.4 Å². The van der Waals surface area contributed by atoms with Crippen molar-refractivity contribution in [2.75, 3.05) is 11.9 Å². The highest BCUT2D eigenvalue weighted by Crippen LogP contribution is 2.26. The topological polar surface area (TPSA) is 21.3 Å². The lowest BCUT2D eigenvalue weighted by Crippen LogP contribution is -2.40. The number of hydrogen-bond donors (Lipinski definition) is 1. The number of nitrogens with one attached hydrogen (secondary N) is 1. The van der Waals surface area contributed by atoms with Crippen molar-refractivity contribution in [1.82, 2.24) is 0 Å². The lowest BCUT2D eigenvalue weighted by molar-refractivity contribution is -0.0553. The molecule has 0 saturated carbocycles. The van der Waals surface area contributed by atoms with Crippen LogP contribution in [0.2, 0.25) is 0 Å². The quantitative estimate of drug-likeness (QED) is 0.801. The Balaban J connectivity index is 1.95. The first-order valence-electron chi connectivity index (χ1n) is 5.61. The van der Waals surface area contributed by atoms with E-state index in [9.17, 15) is 0 Å². The number of para-hydroxylation sites is 1. The zero-order valence-corrected chi connectivity index (χ0v) is 9.49. The Morgan fingerprint density at radius 1 is 1.27 bits per heavy atom. The molecule has 15 heavy (non-hydrogen) atoms. The van der Waals surface area contributed by atoms with Crippen LogP contribution < -0.4 is 5.32 Å². The molecule has 0 aromatic heterocycles. The lowest BCUT2D eigenvalue weighted by atomic mass is 9.94. The fourth-order valence-electron chi connectivity index (χ4n) is 2.13. The van der Waals surface area contributed by atoms with Gasteiger partial charge in [0.05, 0.1) is 5.60 Å². The Kier molecular flexibility index (Phi) is 2.96. The summed E-state index contributed by atoms with van der Waals surface area (Å²) >= 11 is 0. The Hall–Kier alpha value is -1.02. The van der Waals surface area contributed by atoms with Crippen molar-refractivity contribution >= 4 is 5.69 Å². The number of benzene rings is 1. The van der Waals surface area contributed by atoms with Gasteiger partial charge in [0.2, 0.25) is 0 Å². The van der Waals surface area contributed by atoms with Gasteiger partial charge >= 0.3 is 0 Å². The molecule has 1 fully saturated rings. The number of rotatable bonds is 2. The largest absolute Gasteiger partial charge is 0.382 e. The second-order valence-electron chi connectivity index (χ2n) is 4.81. The molecule has 1 atom stereocenters. The summed E-state index contributed by atoms with van der Waals surface area (Å²) in [5.74, 6) is 0. The monoisotopic (exact) mass is 205 g/mol. The molecule has 1 heterocycles. The van der Waals surface area contributed by atoms with Gasteiger partial charge in [0, 0.05) is 18.3 Å². The molecule has 82 valence electrons. The van der Waals surface area contributed by atoms with Crippen molar-refractivity contribution in [3.63, 3.8) is 0 Å². The minimum Gasteiger partial charge on any atom is -0.382 e. The lowest BCUT2D eigenvalue weighted by Gasteiger charge is -2.36. The van der Waals surface area contributed by atoms with E-state index in [1.165, 1.54) is 5.69 Å². The summed E-state index contributed by atoms with van der Waals surface area (Å²) in [6.07, 6.45) is 2.17. The molecular formula is C13H19NO. The third-order valence-electron chi connectivity index (χ3n) is 2.84. The van der Waals surface area contributed by atoms with Crippen LogP contribution >= 0.6 is 0 Å². The van der Waals surface area contributed by atoms with Gasteiger partial charge in [-0.25, -0.2) is 0 Å². The zero-order valence-electron chi connectivity index (χ0n) is 9.49. The molecule has 2 heteroatoms. The second-order valence-corrected chi connectivity index (χ2v) is 4.81. The number of hydrogen-bond acceptors (Lipinski definition) is 2. The average molecular weight is 205 g/mol. The van der Waals surface area contributed by atoms with Crippen LogP contribution in [-0.4, -0.2) is 18.2 Å². The predicted octanol–water partition coefficient (Wildman–Crippen LogP) is 3.06. The highest BCUT2D eigenvalue weighted by Gasteiger charge is 2.28. The van der Waals surface area contributed by atoms with Crippen LogP contribution in [0.5, 0.6) is 0 Å². The third kappa shape index (κ3) is 2.96. The number of anilines is 1. The smallest absolute Gasteiger partial charge is 0.0646 e. The summed E-state index contributed by atoms with van der Waals surface area (Å²) in [7, 11) is 0. The van der Waals surface area contributed by atoms with E-state index >= 15 is 0 Å². The molecule has 0 bridgehead atoms. The highest BCUT2D eigenvalue weighted by molar-refractivity contribution is 5.43. The van der Waals surface area contributed by atoms with Crippen LogP contribution in [0.25, 0.3) is 0 Å². The normalized spacial score (nSPS) is 24.8. The fraction of sp³-hybridized carbons (Fsp3) is 0.538. The molecule has 2 rings (SSSR count). The maximum Gasteiger partial charge on any atom is 0.0646 e. The van der Waals surface area contributed by atoms with Gasteiger partial charge in [-0.3, -0.25) is 0 Å². The van der Waals surface area contributed by atoms with Gasteiger partial charge in [-0.05, 0) is 38.8 Å². The van der Waals surface area contributed by atoms with Gasteiger partial charge in [-0.1, -0.05) is 18.2 Å². The van der Waals surface area contributed by atoms with Gasteiger partial charge in [0.25, 0.3) is 0 Å². The predicted molar refractivity (Wildman–Crippen MR) is 63.1 cm³/mol. The maximum absolute atomic E-state index is 5.69. The van der Waals surface area contributed by atoms with Crippen molar-refractivity contribution < 1.29 is 4.74 Å². The van der Waals surface area contributed by atoms with E-state index in [1.807, 2.05) is 6.07 Å². The first kappa shape index (κ1) is 10.5. The van der Waals surface area contributed by atoms with Gasteiger partial charge in [0.15, 0.2) is 0 Å². The summed E-state index contributed by atoms with van der Waals surface area (Å²) in [4.78, 5) is 0. The molecule has 0 amide bonds. The molecule has 2 nitrogen and oxygen atoms in total. The molecular weight excluding hydrogens is 186 g/mol. The molecule has 1 saturated heterocycles. The SMILES string of the molecule is CC1(C)CC(Nc2ccccc2)CCO1. The van der Waals surface area contributed by atoms with Crippen LogP contribution in [0.4, 0.5) is 5.69 Å². The van der Waals surface area contributed by atoms with E-state index in [-0.39, 0.29) is 5.60 Å². The summed E-state index contributed by atoms with van der Waals surface area (Å²) in [6, 6.07) is 10.9. The van der Waals surface area contributed by atoms with E-state index in [4.69, 9.17) is 4.74 Å². The van der Waals surface area contributed by atoms with Crippen LogP contribution in [0.1, 0.15) is 26.7 Å². The summed E-state index contributed by atoms with van der Waals surface area (Å²) in [5, 5.41) is 3.56. The van der Waals surface area contributed by atoms with Crippen molar-refractivity contribution in [2.45, 2.75) is 38.3 Å². The van der Waals surface area contributed by atoms with E-state index in [0.717, 1.165) is 19.4 Å². The average Bonchev–Trinajstić information content (AvgIpc) is 2.17. The summed E-state index contributed by atoms with van der Waals surface area (Å²) in [5.41, 5.74) is 1.23. The zero-order chi connectivity index (χ0) is 10.7. The molecule has 1 N–H and O–H groups in total. The molecule has 0 aliphatic carbocycles. The van der Waals surface area contributed by atoms with Gasteiger partial charge in [-0.15, -0.1) is 0 Å². The minimum atomic E-state index is 0.0185. The third-order valence-corrected chi connectivity index (χ3v) is 2.84. The van der Waals surface area contributed by atoms with Crippen molar-refractivity contribution in [2.24, 2.45) is 0 Å². The van der Waals surface area contributed by atoms with Crippen LogP contribution in [-0.2, 0) is 4.74 Å². The van der Waals surface area contributed by atoms with Crippen LogP contribution in [0.3, 0.4) is 0 Å². The Labute approximate surface area is 91.6 Å². The van der Waals surface area contributed by atoms with Crippen molar-refractivity contribution in [1.29, 1.82) is 0 Å². The van der Waals surface area contributed by atoms with Crippen LogP contribution in [0.15, 0.2) is 30.3 Å². The number of ether oxygens (including phenoxy) is 1. The van der Waals surface area contributed by atoms with Gasteiger partial charge in [-0.2, -0.15) is 0 Å². The molecule has 0 spiro atoms.